The number of esters is 1. The van der Waals surface area contributed by atoms with E-state index in [-0.39, 0.29) is 31.3 Å². The van der Waals surface area contributed by atoms with Crippen molar-refractivity contribution in [1.82, 2.24) is 10.6 Å². The number of nitrogens with two attached hydrogens (primary N) is 1. The zero-order valence-corrected chi connectivity index (χ0v) is 21.0. The van der Waals surface area contributed by atoms with E-state index in [0.29, 0.717) is 24.1 Å². The minimum atomic E-state index is -1.07. The van der Waals surface area contributed by atoms with Crippen molar-refractivity contribution in [2.45, 2.75) is 51.2 Å². The highest BCUT2D eigenvalue weighted by Crippen LogP contribution is 2.19. The van der Waals surface area contributed by atoms with Gasteiger partial charge in [-0.3, -0.25) is 10.2 Å². The molecule has 0 spiro atoms. The van der Waals surface area contributed by atoms with Crippen LogP contribution in [0.4, 0.5) is 4.79 Å². The number of benzene rings is 1. The van der Waals surface area contributed by atoms with Gasteiger partial charge in [0.1, 0.15) is 24.6 Å². The van der Waals surface area contributed by atoms with Crippen LogP contribution in [0.15, 0.2) is 34.6 Å². The fraction of sp³-hybridized carbons (Fsp3) is 0.500. The summed E-state index contributed by atoms with van der Waals surface area (Å²) in [5.41, 5.74) is 7.55. The predicted molar refractivity (Wildman–Crippen MR) is 135 cm³/mol. The molecule has 2 amide bonds. The Balaban J connectivity index is 0.000000856. The minimum Gasteiger partial charge on any atom is -0.467 e. The lowest BCUT2D eigenvalue weighted by Crippen LogP contribution is -2.49. The molecule has 0 aromatic heterocycles. The molecule has 13 heteroatoms. The number of alkyl carbamates (subject to hydrolysis) is 1. The fourth-order valence-corrected chi connectivity index (χ4v) is 3.14. The summed E-state index contributed by atoms with van der Waals surface area (Å²) in [5, 5.41) is 19.9. The number of carbonyl (C=O) groups is 3. The Bertz CT molecular complexity index is 974. The second kappa shape index (κ2) is 15.8. The van der Waals surface area contributed by atoms with Gasteiger partial charge >= 0.3 is 12.1 Å². The number of amides is 2. The Kier molecular flexibility index (Phi) is 12.4. The van der Waals surface area contributed by atoms with Gasteiger partial charge in [-0.05, 0) is 12.0 Å². The molecule has 1 aromatic rings. The van der Waals surface area contributed by atoms with Gasteiger partial charge in [-0.2, -0.15) is 0 Å². The smallest absolute Gasteiger partial charge is 0.407 e. The lowest BCUT2D eigenvalue weighted by molar-refractivity contribution is -0.143. The van der Waals surface area contributed by atoms with Crippen LogP contribution in [0.3, 0.4) is 0 Å². The van der Waals surface area contributed by atoms with Crippen molar-refractivity contribution in [3.8, 4) is 0 Å². The summed E-state index contributed by atoms with van der Waals surface area (Å²) in [6, 6.07) is 5.93. The molecule has 0 unspecified atom stereocenters. The van der Waals surface area contributed by atoms with Crippen molar-refractivity contribution in [1.29, 1.82) is 5.41 Å². The van der Waals surface area contributed by atoms with Crippen LogP contribution >= 0.6 is 0 Å². The molecule has 0 aliphatic carbocycles. The Labute approximate surface area is 215 Å². The summed E-state index contributed by atoms with van der Waals surface area (Å²) in [5.74, 6) is -1.09. The van der Waals surface area contributed by atoms with Crippen LogP contribution in [0.5, 0.6) is 0 Å². The molecular formula is C24H34N6O7. The number of amidine groups is 1. The average Bonchev–Trinajstić information content (AvgIpc) is 3.62. The minimum absolute atomic E-state index is 0.0212. The number of nitrogens with one attached hydrogen (secondary N) is 3. The first-order chi connectivity index (χ1) is 17.8. The Morgan fingerprint density at radius 2 is 2.03 bits per heavy atom. The molecule has 2 heterocycles. The Morgan fingerprint density at radius 3 is 2.59 bits per heavy atom. The number of nitrogens with zero attached hydrogens (tertiary/aromatic N) is 2. The highest BCUT2D eigenvalue weighted by molar-refractivity contribution is 6.02. The Hall–Kier alpha value is -4.16. The van der Waals surface area contributed by atoms with Crippen LogP contribution in [0.25, 0.3) is 0 Å². The summed E-state index contributed by atoms with van der Waals surface area (Å²) in [6.07, 6.45) is 3.56. The van der Waals surface area contributed by atoms with Gasteiger partial charge in [0, 0.05) is 31.2 Å². The Morgan fingerprint density at radius 1 is 1.27 bits per heavy atom. The van der Waals surface area contributed by atoms with Gasteiger partial charge in [0.2, 0.25) is 5.91 Å². The van der Waals surface area contributed by atoms with Gasteiger partial charge in [-0.15, -0.1) is 0 Å². The molecule has 0 radical (unpaired) electrons. The summed E-state index contributed by atoms with van der Waals surface area (Å²) in [7, 11) is 1.19. The first-order valence-electron chi connectivity index (χ1n) is 11.9. The third kappa shape index (κ3) is 10.5. The van der Waals surface area contributed by atoms with Crippen LogP contribution in [-0.4, -0.2) is 74.7 Å². The van der Waals surface area contributed by atoms with Crippen LogP contribution in [0, 0.1) is 5.41 Å². The largest absolute Gasteiger partial charge is 0.467 e. The molecule has 5 N–H and O–H groups in total. The van der Waals surface area contributed by atoms with Crippen molar-refractivity contribution < 1.29 is 33.5 Å². The van der Waals surface area contributed by atoms with Crippen LogP contribution < -0.4 is 16.4 Å². The summed E-state index contributed by atoms with van der Waals surface area (Å²) >= 11 is 0. The number of methoxy groups -OCH3 is 1. The van der Waals surface area contributed by atoms with E-state index >= 15 is 0 Å². The number of ether oxygens (including phenoxy) is 2. The molecule has 13 nitrogen and oxygen atoms in total. The monoisotopic (exact) mass is 518 g/mol. The van der Waals surface area contributed by atoms with E-state index in [0.717, 1.165) is 25.0 Å². The van der Waals surface area contributed by atoms with Gasteiger partial charge in [-0.1, -0.05) is 47.9 Å². The van der Waals surface area contributed by atoms with Crippen LogP contribution in [0.2, 0.25) is 0 Å². The zero-order valence-electron chi connectivity index (χ0n) is 21.0. The predicted octanol–water partition coefficient (Wildman–Crippen LogP) is 1.43. The van der Waals surface area contributed by atoms with Gasteiger partial charge in [0.25, 0.3) is 0 Å². The topological polar surface area (TPSA) is 187 Å². The van der Waals surface area contributed by atoms with E-state index in [1.165, 1.54) is 7.11 Å². The number of nitrogen functional groups attached to an aromatic ring is 1. The number of rotatable bonds is 11. The van der Waals surface area contributed by atoms with Crippen molar-refractivity contribution in [3.05, 3.63) is 35.4 Å². The molecule has 2 aliphatic heterocycles. The second-order valence-corrected chi connectivity index (χ2v) is 8.09. The third-order valence-corrected chi connectivity index (χ3v) is 5.17. The lowest BCUT2D eigenvalue weighted by Gasteiger charge is -2.17. The molecule has 202 valence electrons. The quantitative estimate of drug-likeness (QED) is 0.146. The summed E-state index contributed by atoms with van der Waals surface area (Å²) in [6.45, 7) is 2.82. The van der Waals surface area contributed by atoms with E-state index in [1.54, 1.807) is 30.5 Å². The number of hydrogen-bond donors (Lipinski definition) is 4. The molecule has 0 fully saturated rings. The first kappa shape index (κ1) is 29.1. The molecule has 1 aromatic carbocycles. The fourth-order valence-electron chi connectivity index (χ4n) is 3.14. The van der Waals surface area contributed by atoms with Crippen molar-refractivity contribution >= 4 is 35.7 Å². The maximum Gasteiger partial charge on any atom is 0.407 e. The number of oxime groups is 2. The number of hydrogen-bond acceptors (Lipinski definition) is 10. The highest BCUT2D eigenvalue weighted by atomic mass is 16.6. The van der Waals surface area contributed by atoms with Gasteiger partial charge in [0.05, 0.1) is 25.8 Å². The van der Waals surface area contributed by atoms with Gasteiger partial charge in [-0.25, -0.2) is 9.59 Å². The van der Waals surface area contributed by atoms with Crippen LogP contribution in [-0.2, 0) is 28.7 Å². The maximum absolute atomic E-state index is 12.3. The highest BCUT2D eigenvalue weighted by Gasteiger charge is 2.27. The van der Waals surface area contributed by atoms with Crippen molar-refractivity contribution in [2.75, 3.05) is 26.9 Å². The lowest BCUT2D eigenvalue weighted by atomic mass is 10.0. The molecule has 3 rings (SSSR count). The maximum atomic E-state index is 12.3. The molecule has 0 bridgehead atoms. The SMILES string of the molecule is C1=NOCC1.CCCCOC(=O)N[C@@H](CNC(=O)C[C@H]1CC(c2ccc(C(=N)N)cc2)=NO1)C(=O)OC. The normalized spacial score (nSPS) is 16.2. The van der Waals surface area contributed by atoms with Crippen LogP contribution in [0.1, 0.15) is 50.2 Å². The second-order valence-electron chi connectivity index (χ2n) is 8.09. The van der Waals surface area contributed by atoms with E-state index in [1.807, 2.05) is 6.92 Å². The average molecular weight is 519 g/mol. The van der Waals surface area contributed by atoms with Gasteiger partial charge in [0.15, 0.2) is 0 Å². The zero-order chi connectivity index (χ0) is 27.0. The molecule has 37 heavy (non-hydrogen) atoms. The molecule has 2 atom stereocenters. The van der Waals surface area contributed by atoms with E-state index in [9.17, 15) is 14.4 Å². The van der Waals surface area contributed by atoms with Crippen molar-refractivity contribution in [2.24, 2.45) is 16.0 Å². The molecular weight excluding hydrogens is 484 g/mol. The standard InChI is InChI=1S/C21H29N5O6.C3H5NO/c1-3-4-9-31-21(29)25-17(20(28)30-2)12-24-18(27)11-15-10-16(26-32-15)13-5-7-14(8-6-13)19(22)23;1-2-4-5-3-1/h5-8,15,17H,3-4,9-12H2,1-2H3,(H3,22,23)(H,24,27)(H,25,29);2H,1,3H2/t15-,17+;/m1./s1. The van der Waals surface area contributed by atoms with Gasteiger partial charge < -0.3 is 35.5 Å². The van der Waals surface area contributed by atoms with E-state index in [2.05, 4.69) is 30.5 Å². The van der Waals surface area contributed by atoms with E-state index in [4.69, 9.17) is 20.7 Å². The number of carbonyl (C=O) groups excluding carboxylic acids is 3. The molecule has 0 saturated heterocycles. The van der Waals surface area contributed by atoms with E-state index < -0.39 is 24.2 Å². The molecule has 0 saturated carbocycles. The molecule has 2 aliphatic rings. The summed E-state index contributed by atoms with van der Waals surface area (Å²) in [4.78, 5) is 45.8. The first-order valence-corrected chi connectivity index (χ1v) is 11.9. The van der Waals surface area contributed by atoms with Crippen molar-refractivity contribution in [3.63, 3.8) is 0 Å². The third-order valence-electron chi connectivity index (χ3n) is 5.17. The summed E-state index contributed by atoms with van der Waals surface area (Å²) < 4.78 is 9.64. The number of unbranched alkanes of at least 4 members (excludes halogenated alkanes) is 1.